The Kier molecular flexibility index (Phi) is 4.17. The molecule has 0 bridgehead atoms. The third-order valence-electron chi connectivity index (χ3n) is 4.16. The van der Waals surface area contributed by atoms with Gasteiger partial charge in [0.2, 0.25) is 10.0 Å². The van der Waals surface area contributed by atoms with Crippen molar-refractivity contribution < 1.29 is 23.1 Å². The SMILES string of the molecule is CS(=O)(=O)N1CCC2(CC1)C[C@@H](CC(=O)O)CCO2. The first-order valence-corrected chi connectivity index (χ1v) is 8.46. The molecule has 2 saturated heterocycles. The molecule has 0 aromatic carbocycles. The van der Waals surface area contributed by atoms with Crippen LogP contribution in [-0.2, 0) is 19.6 Å². The molecule has 110 valence electrons. The van der Waals surface area contributed by atoms with E-state index < -0.39 is 16.0 Å². The van der Waals surface area contributed by atoms with Crippen LogP contribution in [0.2, 0.25) is 0 Å². The van der Waals surface area contributed by atoms with E-state index in [9.17, 15) is 13.2 Å². The molecule has 7 heteroatoms. The summed E-state index contributed by atoms with van der Waals surface area (Å²) in [5, 5.41) is 8.87. The van der Waals surface area contributed by atoms with Crippen molar-refractivity contribution in [3.63, 3.8) is 0 Å². The maximum Gasteiger partial charge on any atom is 0.303 e. The van der Waals surface area contributed by atoms with Crippen LogP contribution in [0.4, 0.5) is 0 Å². The number of carbonyl (C=O) groups is 1. The molecule has 0 unspecified atom stereocenters. The van der Waals surface area contributed by atoms with Gasteiger partial charge in [-0.1, -0.05) is 0 Å². The number of hydrogen-bond donors (Lipinski definition) is 1. The molecule has 2 heterocycles. The Bertz CT molecular complexity index is 439. The number of sulfonamides is 1. The van der Waals surface area contributed by atoms with E-state index in [1.165, 1.54) is 10.6 Å². The lowest BCUT2D eigenvalue weighted by Crippen LogP contribution is -2.50. The summed E-state index contributed by atoms with van der Waals surface area (Å²) in [6, 6.07) is 0. The highest BCUT2D eigenvalue weighted by molar-refractivity contribution is 7.88. The highest BCUT2D eigenvalue weighted by Gasteiger charge is 2.42. The molecule has 2 aliphatic heterocycles. The maximum atomic E-state index is 11.5. The Labute approximate surface area is 113 Å². The fourth-order valence-corrected chi connectivity index (χ4v) is 3.97. The number of nitrogens with zero attached hydrogens (tertiary/aromatic N) is 1. The molecule has 0 saturated carbocycles. The Balaban J connectivity index is 1.96. The van der Waals surface area contributed by atoms with Crippen molar-refractivity contribution in [2.24, 2.45) is 5.92 Å². The van der Waals surface area contributed by atoms with Gasteiger partial charge in [0.05, 0.1) is 11.9 Å². The molecule has 0 radical (unpaired) electrons. The lowest BCUT2D eigenvalue weighted by atomic mass is 9.79. The van der Waals surface area contributed by atoms with Gasteiger partial charge in [0.1, 0.15) is 0 Å². The molecule has 2 rings (SSSR count). The first-order chi connectivity index (χ1) is 8.81. The van der Waals surface area contributed by atoms with Gasteiger partial charge in [-0.2, -0.15) is 0 Å². The van der Waals surface area contributed by atoms with E-state index in [1.54, 1.807) is 0 Å². The zero-order valence-corrected chi connectivity index (χ0v) is 12.0. The molecule has 0 aliphatic carbocycles. The van der Waals surface area contributed by atoms with E-state index in [2.05, 4.69) is 0 Å². The van der Waals surface area contributed by atoms with Crippen molar-refractivity contribution in [2.75, 3.05) is 26.0 Å². The summed E-state index contributed by atoms with van der Waals surface area (Å²) in [7, 11) is -3.13. The monoisotopic (exact) mass is 291 g/mol. The number of carboxylic acid groups (broad SMARTS) is 1. The van der Waals surface area contributed by atoms with E-state index in [-0.39, 0.29) is 17.9 Å². The summed E-state index contributed by atoms with van der Waals surface area (Å²) < 4.78 is 30.3. The quantitative estimate of drug-likeness (QED) is 0.826. The predicted molar refractivity (Wildman–Crippen MR) is 69.3 cm³/mol. The van der Waals surface area contributed by atoms with Crippen molar-refractivity contribution >= 4 is 16.0 Å². The van der Waals surface area contributed by atoms with Crippen LogP contribution >= 0.6 is 0 Å². The summed E-state index contributed by atoms with van der Waals surface area (Å²) in [5.41, 5.74) is -0.306. The van der Waals surface area contributed by atoms with E-state index >= 15 is 0 Å². The number of aliphatic carboxylic acids is 1. The molecule has 6 nitrogen and oxygen atoms in total. The van der Waals surface area contributed by atoms with E-state index in [1.807, 2.05) is 0 Å². The summed E-state index contributed by atoms with van der Waals surface area (Å²) >= 11 is 0. The van der Waals surface area contributed by atoms with Crippen LogP contribution < -0.4 is 0 Å². The van der Waals surface area contributed by atoms with Crippen LogP contribution in [-0.4, -0.2) is 55.4 Å². The molecule has 0 aromatic heterocycles. The summed E-state index contributed by atoms with van der Waals surface area (Å²) in [5.74, 6) is -0.619. The Hall–Kier alpha value is -0.660. The van der Waals surface area contributed by atoms with Crippen LogP contribution in [0.3, 0.4) is 0 Å². The van der Waals surface area contributed by atoms with E-state index in [0.29, 0.717) is 32.5 Å². The molecule has 2 fully saturated rings. The minimum Gasteiger partial charge on any atom is -0.481 e. The minimum atomic E-state index is -3.13. The fourth-order valence-electron chi connectivity index (χ4n) is 3.12. The molecule has 1 atom stereocenters. The highest BCUT2D eigenvalue weighted by Crippen LogP contribution is 2.39. The van der Waals surface area contributed by atoms with Gasteiger partial charge in [-0.05, 0) is 31.6 Å². The third-order valence-corrected chi connectivity index (χ3v) is 5.46. The highest BCUT2D eigenvalue weighted by atomic mass is 32.2. The van der Waals surface area contributed by atoms with Gasteiger partial charge in [-0.25, -0.2) is 12.7 Å². The summed E-state index contributed by atoms with van der Waals surface area (Å²) in [6.07, 6.45) is 4.24. The molecule has 0 aromatic rings. The van der Waals surface area contributed by atoms with Gasteiger partial charge >= 0.3 is 5.97 Å². The lowest BCUT2D eigenvalue weighted by Gasteiger charge is -2.45. The largest absolute Gasteiger partial charge is 0.481 e. The second-order valence-corrected chi connectivity index (χ2v) is 7.63. The van der Waals surface area contributed by atoms with Gasteiger partial charge in [0.15, 0.2) is 0 Å². The molecule has 19 heavy (non-hydrogen) atoms. The second-order valence-electron chi connectivity index (χ2n) is 5.65. The molecule has 0 amide bonds. The van der Waals surface area contributed by atoms with Crippen LogP contribution in [0.1, 0.15) is 32.1 Å². The van der Waals surface area contributed by atoms with Crippen LogP contribution in [0.25, 0.3) is 0 Å². The van der Waals surface area contributed by atoms with Crippen molar-refractivity contribution in [3.8, 4) is 0 Å². The normalized spacial score (nSPS) is 28.4. The third kappa shape index (κ3) is 3.67. The van der Waals surface area contributed by atoms with Crippen LogP contribution in [0.15, 0.2) is 0 Å². The topological polar surface area (TPSA) is 83.9 Å². The Morgan fingerprint density at radius 1 is 1.42 bits per heavy atom. The Morgan fingerprint density at radius 3 is 2.58 bits per heavy atom. The van der Waals surface area contributed by atoms with Gasteiger partial charge in [0, 0.05) is 26.1 Å². The van der Waals surface area contributed by atoms with Crippen LogP contribution in [0, 0.1) is 5.92 Å². The van der Waals surface area contributed by atoms with Crippen LogP contribution in [0.5, 0.6) is 0 Å². The number of ether oxygens (including phenoxy) is 1. The maximum absolute atomic E-state index is 11.5. The smallest absolute Gasteiger partial charge is 0.303 e. The number of rotatable bonds is 3. The average Bonchev–Trinajstić information content (AvgIpc) is 2.27. The Morgan fingerprint density at radius 2 is 2.05 bits per heavy atom. The van der Waals surface area contributed by atoms with Crippen molar-refractivity contribution in [3.05, 3.63) is 0 Å². The summed E-state index contributed by atoms with van der Waals surface area (Å²) in [6.45, 7) is 1.52. The predicted octanol–water partition coefficient (Wildman–Crippen LogP) is 0.682. The number of piperidine rings is 1. The van der Waals surface area contributed by atoms with Gasteiger partial charge < -0.3 is 9.84 Å². The molecular weight excluding hydrogens is 270 g/mol. The van der Waals surface area contributed by atoms with Gasteiger partial charge in [0.25, 0.3) is 0 Å². The van der Waals surface area contributed by atoms with Crippen molar-refractivity contribution in [1.82, 2.24) is 4.31 Å². The zero-order valence-electron chi connectivity index (χ0n) is 11.2. The van der Waals surface area contributed by atoms with E-state index in [4.69, 9.17) is 9.84 Å². The molecule has 2 aliphatic rings. The molecule has 1 spiro atoms. The van der Waals surface area contributed by atoms with Crippen molar-refractivity contribution in [1.29, 1.82) is 0 Å². The number of carboxylic acids is 1. The van der Waals surface area contributed by atoms with Gasteiger partial charge in [-0.3, -0.25) is 4.79 Å². The van der Waals surface area contributed by atoms with E-state index in [0.717, 1.165) is 12.8 Å². The average molecular weight is 291 g/mol. The molecule has 1 N–H and O–H groups in total. The van der Waals surface area contributed by atoms with Crippen molar-refractivity contribution in [2.45, 2.75) is 37.7 Å². The second kappa shape index (κ2) is 5.38. The first kappa shape index (κ1) is 14.7. The summed E-state index contributed by atoms with van der Waals surface area (Å²) in [4.78, 5) is 10.8. The first-order valence-electron chi connectivity index (χ1n) is 6.62. The minimum absolute atomic E-state index is 0.149. The lowest BCUT2D eigenvalue weighted by molar-refractivity contribution is -0.144. The zero-order chi connectivity index (χ0) is 14.1. The number of hydrogen-bond acceptors (Lipinski definition) is 4. The fraction of sp³-hybridized carbons (Fsp3) is 0.917. The van der Waals surface area contributed by atoms with Gasteiger partial charge in [-0.15, -0.1) is 0 Å². The standard InChI is InChI=1S/C12H21NO5S/c1-19(16,17)13-5-3-12(4-6-13)9-10(2-7-18-12)8-11(14)15/h10H,2-9H2,1H3,(H,14,15)/t10-/m1/s1. The molecular formula is C12H21NO5S.